The van der Waals surface area contributed by atoms with Gasteiger partial charge < -0.3 is 9.94 Å². The van der Waals surface area contributed by atoms with Crippen molar-refractivity contribution in [3.8, 4) is 0 Å². The number of nitrogens with zero attached hydrogens (tertiary/aromatic N) is 1. The second-order valence-corrected chi connectivity index (χ2v) is 2.85. The van der Waals surface area contributed by atoms with Crippen LogP contribution in [0.1, 0.15) is 33.6 Å². The van der Waals surface area contributed by atoms with Crippen LogP contribution in [0.25, 0.3) is 0 Å². The minimum Gasteiger partial charge on any atom is -0.475 e. The first-order chi connectivity index (χ1) is 4.62. The van der Waals surface area contributed by atoms with Gasteiger partial charge in [-0.2, -0.15) is 0 Å². The van der Waals surface area contributed by atoms with Crippen molar-refractivity contribution in [2.24, 2.45) is 5.16 Å². The molecular formula is C7H15NO2. The van der Waals surface area contributed by atoms with Gasteiger partial charge in [-0.1, -0.05) is 18.5 Å². The van der Waals surface area contributed by atoms with Crippen molar-refractivity contribution in [1.29, 1.82) is 0 Å². The lowest BCUT2D eigenvalue weighted by molar-refractivity contribution is 0.0876. The lowest BCUT2D eigenvalue weighted by Crippen LogP contribution is -2.23. The van der Waals surface area contributed by atoms with Crippen molar-refractivity contribution >= 4 is 6.40 Å². The lowest BCUT2D eigenvalue weighted by Gasteiger charge is -2.21. The van der Waals surface area contributed by atoms with Crippen molar-refractivity contribution < 1.29 is 9.94 Å². The molecule has 0 fully saturated rings. The van der Waals surface area contributed by atoms with E-state index in [1.807, 2.05) is 13.8 Å². The Morgan fingerprint density at radius 2 is 2.20 bits per heavy atom. The molecule has 0 aromatic rings. The third-order valence-electron chi connectivity index (χ3n) is 1.27. The molecule has 0 aliphatic heterocycles. The van der Waals surface area contributed by atoms with E-state index in [1.54, 1.807) is 0 Å². The van der Waals surface area contributed by atoms with Crippen molar-refractivity contribution in [2.45, 2.75) is 39.2 Å². The molecule has 1 N–H and O–H groups in total. The maximum atomic E-state index is 8.04. The van der Waals surface area contributed by atoms with E-state index in [9.17, 15) is 0 Å². The fourth-order valence-corrected chi connectivity index (χ4v) is 0.827. The van der Waals surface area contributed by atoms with E-state index in [0.717, 1.165) is 19.2 Å². The summed E-state index contributed by atoms with van der Waals surface area (Å²) in [5.41, 5.74) is -0.207. The third kappa shape index (κ3) is 4.18. The minimum atomic E-state index is -0.207. The predicted octanol–water partition coefficient (Wildman–Crippen LogP) is 2.00. The zero-order chi connectivity index (χ0) is 8.04. The van der Waals surface area contributed by atoms with E-state index in [0.29, 0.717) is 0 Å². The van der Waals surface area contributed by atoms with Gasteiger partial charge in [0.2, 0.25) is 6.40 Å². The molecule has 0 unspecified atom stereocenters. The summed E-state index contributed by atoms with van der Waals surface area (Å²) in [5, 5.41) is 10.8. The molecule has 0 aromatic carbocycles. The molecule has 0 rings (SSSR count). The van der Waals surface area contributed by atoms with Crippen LogP contribution in [0.4, 0.5) is 0 Å². The zero-order valence-electron chi connectivity index (χ0n) is 6.79. The van der Waals surface area contributed by atoms with Crippen LogP contribution in [0, 0.1) is 0 Å². The molecule has 0 amide bonds. The minimum absolute atomic E-state index is 0.207. The normalized spacial score (nSPS) is 12.3. The van der Waals surface area contributed by atoms with Crippen molar-refractivity contribution in [3.05, 3.63) is 0 Å². The second-order valence-electron chi connectivity index (χ2n) is 2.85. The largest absolute Gasteiger partial charge is 0.475 e. The first kappa shape index (κ1) is 9.27. The average Bonchev–Trinajstić information content (AvgIpc) is 1.84. The van der Waals surface area contributed by atoms with Gasteiger partial charge in [-0.05, 0) is 20.3 Å². The van der Waals surface area contributed by atoms with Crippen molar-refractivity contribution in [3.63, 3.8) is 0 Å². The Bertz CT molecular complexity index is 110. The summed E-state index contributed by atoms with van der Waals surface area (Å²) in [6, 6.07) is 0. The monoisotopic (exact) mass is 145 g/mol. The van der Waals surface area contributed by atoms with Crippen molar-refractivity contribution in [1.82, 2.24) is 0 Å². The third-order valence-corrected chi connectivity index (χ3v) is 1.27. The summed E-state index contributed by atoms with van der Waals surface area (Å²) in [6.07, 6.45) is 3.08. The van der Waals surface area contributed by atoms with Gasteiger partial charge >= 0.3 is 0 Å². The van der Waals surface area contributed by atoms with Crippen LogP contribution in [0.2, 0.25) is 0 Å². The highest BCUT2D eigenvalue weighted by molar-refractivity contribution is 5.45. The molecule has 0 saturated carbocycles. The molecule has 0 heterocycles. The SMILES string of the molecule is CCCC(C)(C)OC=NO. The predicted molar refractivity (Wildman–Crippen MR) is 40.4 cm³/mol. The van der Waals surface area contributed by atoms with Crippen LogP contribution in [-0.4, -0.2) is 17.2 Å². The molecule has 0 aliphatic carbocycles. The molecule has 0 aromatic heterocycles. The Kier molecular flexibility index (Phi) is 3.84. The second kappa shape index (κ2) is 4.14. The van der Waals surface area contributed by atoms with Gasteiger partial charge in [0.15, 0.2) is 0 Å². The summed E-state index contributed by atoms with van der Waals surface area (Å²) in [5.74, 6) is 0. The van der Waals surface area contributed by atoms with Crippen molar-refractivity contribution in [2.75, 3.05) is 0 Å². The summed E-state index contributed by atoms with van der Waals surface area (Å²) >= 11 is 0. The maximum Gasteiger partial charge on any atom is 0.212 e. The molecule has 10 heavy (non-hydrogen) atoms. The van der Waals surface area contributed by atoms with Gasteiger partial charge in [-0.15, -0.1) is 0 Å². The van der Waals surface area contributed by atoms with Crippen LogP contribution in [-0.2, 0) is 4.74 Å². The van der Waals surface area contributed by atoms with E-state index in [2.05, 4.69) is 12.1 Å². The Hall–Kier alpha value is -0.730. The van der Waals surface area contributed by atoms with E-state index in [1.165, 1.54) is 0 Å². The molecule has 3 nitrogen and oxygen atoms in total. The Morgan fingerprint density at radius 1 is 1.60 bits per heavy atom. The number of ether oxygens (including phenoxy) is 1. The van der Waals surface area contributed by atoms with Crippen LogP contribution < -0.4 is 0 Å². The van der Waals surface area contributed by atoms with Gasteiger partial charge in [0.25, 0.3) is 0 Å². The van der Waals surface area contributed by atoms with E-state index in [-0.39, 0.29) is 5.60 Å². The molecule has 0 saturated heterocycles. The topological polar surface area (TPSA) is 41.8 Å². The maximum absolute atomic E-state index is 8.04. The molecule has 60 valence electrons. The van der Waals surface area contributed by atoms with Gasteiger partial charge in [-0.25, -0.2) is 0 Å². The molecule has 0 bridgehead atoms. The summed E-state index contributed by atoms with van der Waals surface area (Å²) in [7, 11) is 0. The van der Waals surface area contributed by atoms with Gasteiger partial charge in [0.05, 0.1) is 0 Å². The van der Waals surface area contributed by atoms with Gasteiger partial charge in [-0.3, -0.25) is 0 Å². The standard InChI is InChI=1S/C7H15NO2/c1-4-5-7(2,3)10-6-8-9/h6,9H,4-5H2,1-3H3. The Morgan fingerprint density at radius 3 is 2.60 bits per heavy atom. The van der Waals surface area contributed by atoms with E-state index < -0.39 is 0 Å². The quantitative estimate of drug-likeness (QED) is 0.284. The van der Waals surface area contributed by atoms with Crippen LogP contribution >= 0.6 is 0 Å². The lowest BCUT2D eigenvalue weighted by atomic mass is 10.0. The number of hydrogen-bond donors (Lipinski definition) is 1. The van der Waals surface area contributed by atoms with Crippen LogP contribution in [0.5, 0.6) is 0 Å². The summed E-state index contributed by atoms with van der Waals surface area (Å²) in [4.78, 5) is 0. The van der Waals surface area contributed by atoms with E-state index >= 15 is 0 Å². The first-order valence-electron chi connectivity index (χ1n) is 3.46. The molecule has 0 aliphatic rings. The number of rotatable bonds is 4. The van der Waals surface area contributed by atoms with Crippen LogP contribution in [0.3, 0.4) is 0 Å². The van der Waals surface area contributed by atoms with Crippen LogP contribution in [0.15, 0.2) is 5.16 Å². The zero-order valence-corrected chi connectivity index (χ0v) is 6.79. The van der Waals surface area contributed by atoms with Gasteiger partial charge in [0.1, 0.15) is 5.60 Å². The molecular weight excluding hydrogens is 130 g/mol. The molecule has 3 heteroatoms. The Labute approximate surface area is 61.7 Å². The van der Waals surface area contributed by atoms with Gasteiger partial charge in [0, 0.05) is 0 Å². The fraction of sp³-hybridized carbons (Fsp3) is 0.857. The summed E-state index contributed by atoms with van der Waals surface area (Å²) in [6.45, 7) is 6.00. The highest BCUT2D eigenvalue weighted by atomic mass is 16.5. The number of hydrogen-bond acceptors (Lipinski definition) is 3. The average molecular weight is 145 g/mol. The molecule has 0 spiro atoms. The highest BCUT2D eigenvalue weighted by Gasteiger charge is 2.15. The smallest absolute Gasteiger partial charge is 0.212 e. The highest BCUT2D eigenvalue weighted by Crippen LogP contribution is 2.14. The molecule has 0 atom stereocenters. The number of oxime groups is 1. The molecule has 0 radical (unpaired) electrons. The van der Waals surface area contributed by atoms with E-state index in [4.69, 9.17) is 9.94 Å². The first-order valence-corrected chi connectivity index (χ1v) is 3.46. The summed E-state index contributed by atoms with van der Waals surface area (Å²) < 4.78 is 5.08. The Balaban J connectivity index is 3.62. The fourth-order valence-electron chi connectivity index (χ4n) is 0.827.